The maximum absolute atomic E-state index is 13.2. The van der Waals surface area contributed by atoms with E-state index in [0.717, 1.165) is 51.4 Å². The molecule has 9 nitrogen and oxygen atoms in total. The Hall–Kier alpha value is -2.49. The molecule has 2 saturated heterocycles. The number of carbonyl (C=O) groups excluding carboxylic acids is 2. The lowest BCUT2D eigenvalue weighted by atomic mass is 10.1. The molecule has 3 amide bonds. The maximum Gasteiger partial charge on any atom is 0.389 e. The minimum Gasteiger partial charge on any atom is -0.379 e. The van der Waals surface area contributed by atoms with E-state index in [-0.39, 0.29) is 12.5 Å². The van der Waals surface area contributed by atoms with Crippen LogP contribution in [0.5, 0.6) is 0 Å². The average Bonchev–Trinajstić information content (AvgIpc) is 3.11. The predicted molar refractivity (Wildman–Crippen MR) is 117 cm³/mol. The van der Waals surface area contributed by atoms with Crippen LogP contribution >= 0.6 is 11.6 Å². The maximum atomic E-state index is 13.2. The number of nitrogens with one attached hydrogen (secondary N) is 1. The number of rotatable bonds is 6. The molecule has 3 aliphatic rings. The van der Waals surface area contributed by atoms with Crippen LogP contribution in [-0.4, -0.2) is 103 Å². The highest BCUT2D eigenvalue weighted by Gasteiger charge is 2.51. The molecule has 1 aromatic carbocycles. The van der Waals surface area contributed by atoms with Crippen molar-refractivity contribution in [2.75, 3.05) is 53.5 Å². The fourth-order valence-electron chi connectivity index (χ4n) is 4.03. The van der Waals surface area contributed by atoms with Gasteiger partial charge in [-0.15, -0.1) is 0 Å². The Morgan fingerprint density at radius 3 is 2.74 bits per heavy atom. The first-order valence-corrected chi connectivity index (χ1v) is 10.9. The number of carbonyl (C=O) groups is 2. The number of hydrogen-bond acceptors (Lipinski definition) is 6. The van der Waals surface area contributed by atoms with Crippen LogP contribution in [0, 0.1) is 0 Å². The van der Waals surface area contributed by atoms with Crippen LogP contribution in [0.25, 0.3) is 0 Å². The average molecular weight is 448 g/mol. The van der Waals surface area contributed by atoms with Gasteiger partial charge < -0.3 is 4.74 Å². The number of imide groups is 1. The van der Waals surface area contributed by atoms with Crippen molar-refractivity contribution in [2.24, 2.45) is 4.99 Å². The second kappa shape index (κ2) is 9.33. The summed E-state index contributed by atoms with van der Waals surface area (Å²) >= 11 is 6.24. The number of nitrogens with zero attached hydrogens (tertiary/aromatic N) is 5. The zero-order valence-corrected chi connectivity index (χ0v) is 18.6. The molecule has 31 heavy (non-hydrogen) atoms. The number of amides is 3. The predicted octanol–water partition coefficient (Wildman–Crippen LogP) is 0.825. The third kappa shape index (κ3) is 4.44. The van der Waals surface area contributed by atoms with E-state index < -0.39 is 12.1 Å². The summed E-state index contributed by atoms with van der Waals surface area (Å²) in [5.41, 5.74) is 0.728. The Labute approximate surface area is 186 Å². The van der Waals surface area contributed by atoms with E-state index in [9.17, 15) is 9.59 Å². The Morgan fingerprint density at radius 1 is 1.26 bits per heavy atom. The Kier molecular flexibility index (Phi) is 6.54. The van der Waals surface area contributed by atoms with Crippen molar-refractivity contribution >= 4 is 35.3 Å². The fraction of sp³-hybridized carbons (Fsp3) is 0.524. The Morgan fingerprint density at radius 2 is 2.00 bits per heavy atom. The standard InChI is InChI=1S/C21H27ClN6O3/c1-25-17-18(24-20(25)23-8-5-9-27-10-12-31-13-11-27)26(2)21(30)28(19(17)29)14-15-6-3-4-7-16(15)22/h3-4,6-7,17H,5,8-14H2,1-2H3/p+1. The highest BCUT2D eigenvalue weighted by Crippen LogP contribution is 2.23. The lowest BCUT2D eigenvalue weighted by molar-refractivity contribution is -0.507. The molecule has 1 unspecified atom stereocenters. The van der Waals surface area contributed by atoms with Crippen LogP contribution < -0.4 is 5.32 Å². The number of likely N-dealkylation sites (N-methyl/N-ethyl adjacent to an activating group) is 2. The van der Waals surface area contributed by atoms with Crippen LogP contribution in [0.15, 0.2) is 29.3 Å². The van der Waals surface area contributed by atoms with E-state index in [1.54, 1.807) is 17.7 Å². The zero-order chi connectivity index (χ0) is 22.0. The van der Waals surface area contributed by atoms with E-state index >= 15 is 0 Å². The molecular formula is C21H28ClN6O3+. The topological polar surface area (TPSA) is 80.5 Å². The van der Waals surface area contributed by atoms with E-state index in [0.29, 0.717) is 16.8 Å². The minimum absolute atomic E-state index is 0.127. The number of hydrogen-bond donors (Lipinski definition) is 1. The van der Waals surface area contributed by atoms with Gasteiger partial charge in [-0.3, -0.25) is 24.8 Å². The molecule has 0 spiro atoms. The van der Waals surface area contributed by atoms with E-state index in [1.807, 2.05) is 25.2 Å². The number of guanidine groups is 1. The third-order valence-corrected chi connectivity index (χ3v) is 6.24. The number of halogens is 1. The van der Waals surface area contributed by atoms with Gasteiger partial charge in [0.05, 0.1) is 33.4 Å². The van der Waals surface area contributed by atoms with Gasteiger partial charge in [-0.05, 0) is 18.1 Å². The summed E-state index contributed by atoms with van der Waals surface area (Å²) in [6.45, 7) is 5.34. The fourth-order valence-corrected chi connectivity index (χ4v) is 4.23. The third-order valence-electron chi connectivity index (χ3n) is 5.87. The van der Waals surface area contributed by atoms with Crippen molar-refractivity contribution < 1.29 is 18.9 Å². The molecule has 0 bridgehead atoms. The molecule has 4 rings (SSSR count). The summed E-state index contributed by atoms with van der Waals surface area (Å²) in [7, 11) is 3.47. The van der Waals surface area contributed by atoms with E-state index in [1.165, 1.54) is 9.80 Å². The highest BCUT2D eigenvalue weighted by molar-refractivity contribution is 6.31. The number of aliphatic imine (C=N–C) groups is 1. The van der Waals surface area contributed by atoms with Gasteiger partial charge in [-0.25, -0.2) is 9.37 Å². The Balaban J connectivity index is 1.42. The highest BCUT2D eigenvalue weighted by atomic mass is 35.5. The normalized spacial score (nSPS) is 22.2. The molecule has 2 fully saturated rings. The lowest BCUT2D eigenvalue weighted by Crippen LogP contribution is -2.62. The molecule has 166 valence electrons. The van der Waals surface area contributed by atoms with Crippen LogP contribution in [0.1, 0.15) is 12.0 Å². The van der Waals surface area contributed by atoms with Crippen molar-refractivity contribution in [3.05, 3.63) is 34.9 Å². The second-order valence-corrected chi connectivity index (χ2v) is 8.31. The van der Waals surface area contributed by atoms with Crippen molar-refractivity contribution in [1.29, 1.82) is 0 Å². The first kappa shape index (κ1) is 21.7. The van der Waals surface area contributed by atoms with Gasteiger partial charge in [-0.2, -0.15) is 0 Å². The van der Waals surface area contributed by atoms with Crippen LogP contribution in [0.3, 0.4) is 0 Å². The molecule has 1 N–H and O–H groups in total. The number of amidine groups is 1. The van der Waals surface area contributed by atoms with Gasteiger partial charge in [0.1, 0.15) is 0 Å². The molecular weight excluding hydrogens is 420 g/mol. The van der Waals surface area contributed by atoms with Crippen LogP contribution in [0.4, 0.5) is 4.79 Å². The number of morpholine rings is 1. The van der Waals surface area contributed by atoms with Crippen molar-refractivity contribution in [2.45, 2.75) is 19.0 Å². The number of fused-ring (bicyclic) bond motifs is 1. The summed E-state index contributed by atoms with van der Waals surface area (Å²) in [6, 6.07) is 6.19. The van der Waals surface area contributed by atoms with Gasteiger partial charge in [-0.1, -0.05) is 34.8 Å². The number of ether oxygens (including phenoxy) is 1. The van der Waals surface area contributed by atoms with Gasteiger partial charge in [0.25, 0.3) is 5.91 Å². The summed E-state index contributed by atoms with van der Waals surface area (Å²) in [5, 5.41) is 3.85. The van der Waals surface area contributed by atoms with E-state index in [2.05, 4.69) is 15.2 Å². The zero-order valence-electron chi connectivity index (χ0n) is 17.9. The largest absolute Gasteiger partial charge is 0.389 e. The van der Waals surface area contributed by atoms with Gasteiger partial charge in [0, 0.05) is 31.7 Å². The first-order chi connectivity index (χ1) is 15.0. The lowest BCUT2D eigenvalue weighted by Gasteiger charge is -2.33. The van der Waals surface area contributed by atoms with E-state index in [4.69, 9.17) is 16.3 Å². The number of benzene rings is 1. The molecule has 0 aromatic heterocycles. The molecule has 3 aliphatic heterocycles. The van der Waals surface area contributed by atoms with Crippen molar-refractivity contribution in [1.82, 2.24) is 20.0 Å². The smallest absolute Gasteiger partial charge is 0.379 e. The SMILES string of the molecule is CN1C(=O)N(Cc2ccccc2Cl)C(=O)C2C1=NC(NCCCN1CCOCC1)=[N+]2C. The molecule has 10 heteroatoms. The molecule has 0 aliphatic carbocycles. The summed E-state index contributed by atoms with van der Waals surface area (Å²) in [5.74, 6) is 0.757. The summed E-state index contributed by atoms with van der Waals surface area (Å²) < 4.78 is 7.18. The van der Waals surface area contributed by atoms with Crippen molar-refractivity contribution in [3.63, 3.8) is 0 Å². The first-order valence-electron chi connectivity index (χ1n) is 10.5. The molecule has 3 heterocycles. The summed E-state index contributed by atoms with van der Waals surface area (Å²) in [6.07, 6.45) is 0.953. The van der Waals surface area contributed by atoms with Gasteiger partial charge >= 0.3 is 12.0 Å². The van der Waals surface area contributed by atoms with Crippen molar-refractivity contribution in [3.8, 4) is 0 Å². The molecule has 1 aromatic rings. The van der Waals surface area contributed by atoms with Crippen LogP contribution in [-0.2, 0) is 16.1 Å². The Bertz CT molecular complexity index is 927. The summed E-state index contributed by atoms with van der Waals surface area (Å²) in [4.78, 5) is 35.7. The second-order valence-electron chi connectivity index (χ2n) is 7.90. The quantitative estimate of drug-likeness (QED) is 0.516. The van der Waals surface area contributed by atoms with Gasteiger partial charge in [0.15, 0.2) is 0 Å². The molecule has 1 atom stereocenters. The molecule has 0 radical (unpaired) electrons. The number of urea groups is 1. The monoisotopic (exact) mass is 447 g/mol. The van der Waals surface area contributed by atoms with Crippen LogP contribution in [0.2, 0.25) is 5.02 Å². The van der Waals surface area contributed by atoms with Gasteiger partial charge in [0.2, 0.25) is 11.9 Å². The minimum atomic E-state index is -0.632. The molecule has 0 saturated carbocycles.